The molecule has 0 aliphatic carbocycles. The molecule has 0 radical (unpaired) electrons. The molecule has 2 heterocycles. The molecule has 0 spiro atoms. The Morgan fingerprint density at radius 2 is 1.79 bits per heavy atom. The predicted octanol–water partition coefficient (Wildman–Crippen LogP) is 1.04. The summed E-state index contributed by atoms with van der Waals surface area (Å²) in [5.41, 5.74) is 1.92. The number of carbonyl (C=O) groups excluding carboxylic acids is 2. The maximum Gasteiger partial charge on any atom is 0.338 e. The van der Waals surface area contributed by atoms with Crippen molar-refractivity contribution in [2.45, 2.75) is 26.3 Å². The van der Waals surface area contributed by atoms with E-state index in [0.29, 0.717) is 35.4 Å². The lowest BCUT2D eigenvalue weighted by atomic mass is 9.91. The van der Waals surface area contributed by atoms with E-state index in [4.69, 9.17) is 9.47 Å². The van der Waals surface area contributed by atoms with Gasteiger partial charge in [0.25, 0.3) is 0 Å². The molecule has 1 saturated heterocycles. The molecule has 1 fully saturated rings. The first-order valence-corrected chi connectivity index (χ1v) is 9.77. The van der Waals surface area contributed by atoms with Gasteiger partial charge >= 0.3 is 12.0 Å². The van der Waals surface area contributed by atoms with Gasteiger partial charge in [0.15, 0.2) is 0 Å². The van der Waals surface area contributed by atoms with Crippen LogP contribution in [0.5, 0.6) is 5.75 Å². The topological polar surface area (TPSA) is 81.1 Å². The normalized spacial score (nSPS) is 27.6. The van der Waals surface area contributed by atoms with Crippen LogP contribution < -0.4 is 20.3 Å². The molecule has 152 valence electrons. The monoisotopic (exact) mass is 388 g/mol. The van der Waals surface area contributed by atoms with Gasteiger partial charge in [-0.3, -0.25) is 0 Å². The lowest BCUT2D eigenvalue weighted by Gasteiger charge is -2.35. The molecule has 3 rings (SSSR count). The first-order valence-electron chi connectivity index (χ1n) is 9.77. The number of methoxy groups -OCH3 is 2. The van der Waals surface area contributed by atoms with E-state index in [-0.39, 0.29) is 6.03 Å². The first-order chi connectivity index (χ1) is 13.4. The van der Waals surface area contributed by atoms with Gasteiger partial charge in [-0.25, -0.2) is 9.59 Å². The third kappa shape index (κ3) is 4.47. The van der Waals surface area contributed by atoms with E-state index in [9.17, 15) is 9.59 Å². The Morgan fingerprint density at radius 3 is 2.36 bits per heavy atom. The largest absolute Gasteiger partial charge is 0.497 e. The van der Waals surface area contributed by atoms with Gasteiger partial charge in [0.1, 0.15) is 12.3 Å². The second-order valence-electron chi connectivity index (χ2n) is 7.97. The van der Waals surface area contributed by atoms with Gasteiger partial charge in [0, 0.05) is 11.8 Å². The van der Waals surface area contributed by atoms with Crippen LogP contribution in [-0.4, -0.2) is 45.9 Å². The molecule has 0 aromatic heterocycles. The van der Waals surface area contributed by atoms with Crippen LogP contribution in [0.25, 0.3) is 0 Å². The average molecular weight is 388 g/mol. The molecule has 28 heavy (non-hydrogen) atoms. The minimum Gasteiger partial charge on any atom is -0.497 e. The third-order valence-corrected chi connectivity index (χ3v) is 5.51. The van der Waals surface area contributed by atoms with Crippen LogP contribution in [0.15, 0.2) is 35.5 Å². The summed E-state index contributed by atoms with van der Waals surface area (Å²) in [4.78, 5) is 26.4. The van der Waals surface area contributed by atoms with Crippen molar-refractivity contribution in [2.75, 3.05) is 33.9 Å². The van der Waals surface area contributed by atoms with E-state index < -0.39 is 12.0 Å². The highest BCUT2D eigenvalue weighted by molar-refractivity contribution is 5.95. The van der Waals surface area contributed by atoms with Crippen LogP contribution in [0, 0.1) is 11.8 Å². The molecule has 2 aliphatic heterocycles. The van der Waals surface area contributed by atoms with Crippen molar-refractivity contribution in [3.8, 4) is 5.75 Å². The Hall–Kier alpha value is -2.54. The van der Waals surface area contributed by atoms with Gasteiger partial charge in [-0.05, 0) is 24.1 Å². The lowest BCUT2D eigenvalue weighted by Crippen LogP contribution is -3.14. The fourth-order valence-electron chi connectivity index (χ4n) is 4.47. The van der Waals surface area contributed by atoms with Crippen LogP contribution in [0.3, 0.4) is 0 Å². The first kappa shape index (κ1) is 20.2. The van der Waals surface area contributed by atoms with E-state index in [1.54, 1.807) is 7.11 Å². The number of esters is 1. The van der Waals surface area contributed by atoms with Crippen molar-refractivity contribution in [1.29, 1.82) is 0 Å². The SMILES string of the molecule is COC(=O)C1=C(C[NH+]2C[C@@H](C)C[C@H](C)C2)NC(=O)N[C@H]1c1ccc(OC)cc1. The van der Waals surface area contributed by atoms with Crippen LogP contribution in [0.4, 0.5) is 4.79 Å². The number of likely N-dealkylation sites (tertiary alicyclic amines) is 1. The summed E-state index contributed by atoms with van der Waals surface area (Å²) in [7, 11) is 2.97. The summed E-state index contributed by atoms with van der Waals surface area (Å²) in [5.74, 6) is 1.53. The molecule has 3 N–H and O–H groups in total. The van der Waals surface area contributed by atoms with Crippen LogP contribution in [0.1, 0.15) is 31.9 Å². The van der Waals surface area contributed by atoms with Crippen molar-refractivity contribution >= 4 is 12.0 Å². The Balaban J connectivity index is 1.95. The fraction of sp³-hybridized carbons (Fsp3) is 0.524. The molecule has 1 aromatic carbocycles. The fourth-order valence-corrected chi connectivity index (χ4v) is 4.47. The highest BCUT2D eigenvalue weighted by Crippen LogP contribution is 2.28. The summed E-state index contributed by atoms with van der Waals surface area (Å²) >= 11 is 0. The molecule has 1 aromatic rings. The van der Waals surface area contributed by atoms with E-state index in [1.165, 1.54) is 18.4 Å². The molecule has 3 atom stereocenters. The number of benzene rings is 1. The number of piperidine rings is 1. The zero-order chi connectivity index (χ0) is 20.3. The lowest BCUT2D eigenvalue weighted by molar-refractivity contribution is -0.907. The minimum atomic E-state index is -0.554. The van der Waals surface area contributed by atoms with Crippen LogP contribution in [-0.2, 0) is 9.53 Å². The highest BCUT2D eigenvalue weighted by Gasteiger charge is 2.36. The van der Waals surface area contributed by atoms with E-state index in [1.807, 2.05) is 24.3 Å². The molecule has 2 amide bonds. The highest BCUT2D eigenvalue weighted by atomic mass is 16.5. The summed E-state index contributed by atoms with van der Waals surface area (Å²) in [6.45, 7) is 7.16. The predicted molar refractivity (Wildman–Crippen MR) is 105 cm³/mol. The maximum absolute atomic E-state index is 12.7. The van der Waals surface area contributed by atoms with Crippen molar-refractivity contribution in [1.82, 2.24) is 10.6 Å². The van der Waals surface area contributed by atoms with Crippen molar-refractivity contribution in [3.05, 3.63) is 41.1 Å². The van der Waals surface area contributed by atoms with E-state index in [2.05, 4.69) is 24.5 Å². The summed E-state index contributed by atoms with van der Waals surface area (Å²) in [6.07, 6.45) is 1.22. The molecular formula is C21H30N3O4+. The van der Waals surface area contributed by atoms with Gasteiger partial charge in [-0.2, -0.15) is 0 Å². The number of urea groups is 1. The summed E-state index contributed by atoms with van der Waals surface area (Å²) in [6, 6.07) is 6.48. The number of ether oxygens (including phenoxy) is 2. The van der Waals surface area contributed by atoms with Gasteiger partial charge in [0.05, 0.1) is 44.6 Å². The van der Waals surface area contributed by atoms with E-state index >= 15 is 0 Å². The Kier molecular flexibility index (Phi) is 6.24. The second-order valence-corrected chi connectivity index (χ2v) is 7.97. The molecule has 7 nitrogen and oxygen atoms in total. The van der Waals surface area contributed by atoms with Gasteiger partial charge < -0.3 is 25.0 Å². The molecule has 2 aliphatic rings. The van der Waals surface area contributed by atoms with Gasteiger partial charge in [0.2, 0.25) is 0 Å². The molecule has 0 unspecified atom stereocenters. The minimum absolute atomic E-state index is 0.305. The standard InChI is InChI=1S/C21H29N3O4/c1-13-9-14(2)11-24(10-13)12-17-18(20(25)28-4)19(23-21(26)22-17)15-5-7-16(27-3)8-6-15/h5-8,13-14,19H,9-12H2,1-4H3,(H2,22,23,26)/p+1/t13-,14-,19-/m0/s1. The average Bonchev–Trinajstić information content (AvgIpc) is 2.66. The second kappa shape index (κ2) is 8.65. The van der Waals surface area contributed by atoms with Crippen LogP contribution >= 0.6 is 0 Å². The number of hydrogen-bond acceptors (Lipinski definition) is 4. The molecule has 7 heteroatoms. The van der Waals surface area contributed by atoms with Gasteiger partial charge in [-0.1, -0.05) is 26.0 Å². The number of amides is 2. The van der Waals surface area contributed by atoms with Crippen molar-refractivity contribution in [3.63, 3.8) is 0 Å². The number of carbonyl (C=O) groups is 2. The zero-order valence-corrected chi connectivity index (χ0v) is 17.0. The molecule has 0 saturated carbocycles. The number of quaternary nitrogens is 1. The zero-order valence-electron chi connectivity index (χ0n) is 17.0. The number of hydrogen-bond donors (Lipinski definition) is 3. The summed E-state index contributed by atoms with van der Waals surface area (Å²) in [5, 5.41) is 5.73. The Labute approximate surface area is 166 Å². The Bertz CT molecular complexity index is 749. The third-order valence-electron chi connectivity index (χ3n) is 5.51. The number of rotatable bonds is 5. The molecular weight excluding hydrogens is 358 g/mol. The van der Waals surface area contributed by atoms with Gasteiger partial charge in [-0.15, -0.1) is 0 Å². The molecule has 0 bridgehead atoms. The van der Waals surface area contributed by atoms with E-state index in [0.717, 1.165) is 18.7 Å². The van der Waals surface area contributed by atoms with Crippen LogP contribution in [0.2, 0.25) is 0 Å². The smallest absolute Gasteiger partial charge is 0.338 e. The number of nitrogens with one attached hydrogen (secondary N) is 3. The quantitative estimate of drug-likeness (QED) is 0.659. The van der Waals surface area contributed by atoms with Crippen molar-refractivity contribution in [2.24, 2.45) is 11.8 Å². The Morgan fingerprint density at radius 1 is 1.14 bits per heavy atom. The maximum atomic E-state index is 12.7. The van der Waals surface area contributed by atoms with Crippen molar-refractivity contribution < 1.29 is 24.0 Å². The summed E-state index contributed by atoms with van der Waals surface area (Å²) < 4.78 is 10.3.